The molecule has 1 aliphatic rings. The summed E-state index contributed by atoms with van der Waals surface area (Å²) < 4.78 is 51.5. The summed E-state index contributed by atoms with van der Waals surface area (Å²) in [6.07, 6.45) is 2.36. The molecule has 21 heavy (non-hydrogen) atoms. The van der Waals surface area contributed by atoms with Crippen molar-refractivity contribution in [3.05, 3.63) is 0 Å². The van der Waals surface area contributed by atoms with Gasteiger partial charge in [0.15, 0.2) is 0 Å². The van der Waals surface area contributed by atoms with Gasteiger partial charge in [0.25, 0.3) is 0 Å². The van der Waals surface area contributed by atoms with E-state index in [0.29, 0.717) is 6.54 Å². The molecule has 1 saturated heterocycles. The summed E-state index contributed by atoms with van der Waals surface area (Å²) in [5.74, 6) is -0.226. The Bertz CT molecular complexity index is 499. The van der Waals surface area contributed by atoms with Crippen LogP contribution in [-0.4, -0.2) is 64.9 Å². The number of piperidine rings is 1. The Balaban J connectivity index is 2.66. The average Bonchev–Trinajstić information content (AvgIpc) is 2.45. The van der Waals surface area contributed by atoms with Crippen molar-refractivity contribution in [2.45, 2.75) is 39.2 Å². The second-order valence-corrected chi connectivity index (χ2v) is 9.34. The van der Waals surface area contributed by atoms with Crippen molar-refractivity contribution in [3.8, 4) is 0 Å². The molecule has 0 saturated carbocycles. The summed E-state index contributed by atoms with van der Waals surface area (Å²) in [7, 11) is -6.78. The van der Waals surface area contributed by atoms with Gasteiger partial charge in [0.05, 0.1) is 11.5 Å². The van der Waals surface area contributed by atoms with Crippen molar-refractivity contribution in [1.29, 1.82) is 0 Å². The molecule has 0 aromatic rings. The molecular weight excluding hydrogens is 314 g/mol. The molecule has 1 rings (SSSR count). The number of sulfonamides is 2. The maximum atomic E-state index is 12.5. The van der Waals surface area contributed by atoms with E-state index in [2.05, 4.69) is 10.0 Å². The highest BCUT2D eigenvalue weighted by Crippen LogP contribution is 2.17. The minimum absolute atomic E-state index is 0.0268. The van der Waals surface area contributed by atoms with Crippen LogP contribution in [-0.2, 0) is 20.0 Å². The number of hydrogen-bond acceptors (Lipinski definition) is 5. The smallest absolute Gasteiger partial charge is 0.215 e. The van der Waals surface area contributed by atoms with Crippen LogP contribution in [0.15, 0.2) is 0 Å². The second-order valence-electron chi connectivity index (χ2n) is 5.21. The first-order chi connectivity index (χ1) is 9.82. The van der Waals surface area contributed by atoms with Crippen molar-refractivity contribution < 1.29 is 16.8 Å². The lowest BCUT2D eigenvalue weighted by Crippen LogP contribution is -2.48. The van der Waals surface area contributed by atoms with Gasteiger partial charge in [-0.25, -0.2) is 21.6 Å². The summed E-state index contributed by atoms with van der Waals surface area (Å²) in [5, 5.41) is 3.22. The minimum Gasteiger partial charge on any atom is -0.317 e. The minimum atomic E-state index is -3.44. The van der Waals surface area contributed by atoms with Crippen LogP contribution in [0.25, 0.3) is 0 Å². The first-order valence-corrected chi connectivity index (χ1v) is 10.8. The summed E-state index contributed by atoms with van der Waals surface area (Å²) >= 11 is 0. The Morgan fingerprint density at radius 3 is 2.29 bits per heavy atom. The Morgan fingerprint density at radius 2 is 1.76 bits per heavy atom. The van der Waals surface area contributed by atoms with Gasteiger partial charge in [0, 0.05) is 19.1 Å². The molecule has 1 fully saturated rings. The van der Waals surface area contributed by atoms with Crippen molar-refractivity contribution in [2.75, 3.05) is 37.7 Å². The molecule has 0 aromatic carbocycles. The monoisotopic (exact) mass is 341 g/mol. The van der Waals surface area contributed by atoms with Gasteiger partial charge in [-0.3, -0.25) is 0 Å². The molecule has 1 aliphatic heterocycles. The Hall–Kier alpha value is -0.220. The van der Waals surface area contributed by atoms with Gasteiger partial charge in [-0.1, -0.05) is 6.92 Å². The Morgan fingerprint density at radius 1 is 1.14 bits per heavy atom. The summed E-state index contributed by atoms with van der Waals surface area (Å²) in [6.45, 7) is 5.54. The van der Waals surface area contributed by atoms with Crippen LogP contribution in [0.3, 0.4) is 0 Å². The van der Waals surface area contributed by atoms with Gasteiger partial charge in [-0.05, 0) is 39.3 Å². The molecular formula is C12H27N3O4S2. The van der Waals surface area contributed by atoms with E-state index in [1.54, 1.807) is 4.31 Å². The second kappa shape index (κ2) is 8.42. The van der Waals surface area contributed by atoms with Crippen LogP contribution < -0.4 is 10.0 Å². The summed E-state index contributed by atoms with van der Waals surface area (Å²) in [4.78, 5) is 0. The Kier molecular flexibility index (Phi) is 7.55. The van der Waals surface area contributed by atoms with E-state index in [9.17, 15) is 16.8 Å². The average molecular weight is 341 g/mol. The van der Waals surface area contributed by atoms with Gasteiger partial charge < -0.3 is 5.32 Å². The lowest BCUT2D eigenvalue weighted by atomic mass is 10.1. The third-order valence-electron chi connectivity index (χ3n) is 3.58. The van der Waals surface area contributed by atoms with E-state index in [4.69, 9.17) is 0 Å². The molecule has 0 radical (unpaired) electrons. The molecule has 7 nitrogen and oxygen atoms in total. The molecule has 0 bridgehead atoms. The number of hydrogen-bond donors (Lipinski definition) is 2. The van der Waals surface area contributed by atoms with E-state index in [0.717, 1.165) is 32.4 Å². The largest absolute Gasteiger partial charge is 0.317 e. The molecule has 2 N–H and O–H groups in total. The normalized spacial score (nSPS) is 18.2. The maximum Gasteiger partial charge on any atom is 0.215 e. The third-order valence-corrected chi connectivity index (χ3v) is 6.90. The quantitative estimate of drug-likeness (QED) is 0.601. The zero-order valence-corrected chi connectivity index (χ0v) is 14.5. The maximum absolute atomic E-state index is 12.5. The molecule has 0 unspecified atom stereocenters. The predicted octanol–water partition coefficient (Wildman–Crippen LogP) is -0.280. The first-order valence-electron chi connectivity index (χ1n) is 7.50. The standard InChI is InChI=1S/C12H27N3O4S2/c1-3-10-15(12-5-7-13-8-6-12)21(18,19)11-9-14-20(16,17)4-2/h12-14H,3-11H2,1-2H3. The van der Waals surface area contributed by atoms with Crippen LogP contribution in [0.5, 0.6) is 0 Å². The zero-order valence-electron chi connectivity index (χ0n) is 12.8. The highest BCUT2D eigenvalue weighted by Gasteiger charge is 2.30. The zero-order chi connectivity index (χ0) is 15.9. The fourth-order valence-electron chi connectivity index (χ4n) is 2.41. The third kappa shape index (κ3) is 6.19. The van der Waals surface area contributed by atoms with Crippen LogP contribution in [0.4, 0.5) is 0 Å². The number of rotatable bonds is 9. The van der Waals surface area contributed by atoms with Gasteiger partial charge in [0.1, 0.15) is 0 Å². The van der Waals surface area contributed by atoms with Crippen molar-refractivity contribution in [2.24, 2.45) is 0 Å². The van der Waals surface area contributed by atoms with Crippen LogP contribution in [0, 0.1) is 0 Å². The van der Waals surface area contributed by atoms with E-state index in [1.807, 2.05) is 6.92 Å². The molecule has 0 amide bonds. The van der Waals surface area contributed by atoms with E-state index in [1.165, 1.54) is 6.92 Å². The topological polar surface area (TPSA) is 95.6 Å². The fourth-order valence-corrected chi connectivity index (χ4v) is 4.88. The van der Waals surface area contributed by atoms with Crippen molar-refractivity contribution >= 4 is 20.0 Å². The number of nitrogens with zero attached hydrogens (tertiary/aromatic N) is 1. The summed E-state index contributed by atoms with van der Waals surface area (Å²) in [6, 6.07) is 0.0268. The molecule has 0 atom stereocenters. The molecule has 1 heterocycles. The van der Waals surface area contributed by atoms with Gasteiger partial charge >= 0.3 is 0 Å². The molecule has 0 aliphatic carbocycles. The highest BCUT2D eigenvalue weighted by molar-refractivity contribution is 7.90. The molecule has 0 aromatic heterocycles. The Labute approximate surface area is 128 Å². The van der Waals surface area contributed by atoms with Crippen LogP contribution in [0.1, 0.15) is 33.1 Å². The van der Waals surface area contributed by atoms with E-state index < -0.39 is 20.0 Å². The van der Waals surface area contributed by atoms with Gasteiger partial charge in [-0.2, -0.15) is 4.31 Å². The van der Waals surface area contributed by atoms with Gasteiger partial charge in [-0.15, -0.1) is 0 Å². The molecule has 126 valence electrons. The van der Waals surface area contributed by atoms with E-state index >= 15 is 0 Å². The fraction of sp³-hybridized carbons (Fsp3) is 1.00. The van der Waals surface area contributed by atoms with Gasteiger partial charge in [0.2, 0.25) is 20.0 Å². The number of nitrogens with one attached hydrogen (secondary N) is 2. The van der Waals surface area contributed by atoms with Crippen LogP contribution >= 0.6 is 0 Å². The lowest BCUT2D eigenvalue weighted by Gasteiger charge is -2.33. The lowest BCUT2D eigenvalue weighted by molar-refractivity contribution is 0.262. The highest BCUT2D eigenvalue weighted by atomic mass is 32.2. The van der Waals surface area contributed by atoms with Crippen molar-refractivity contribution in [1.82, 2.24) is 14.3 Å². The van der Waals surface area contributed by atoms with Crippen LogP contribution in [0.2, 0.25) is 0 Å². The molecule has 0 spiro atoms. The van der Waals surface area contributed by atoms with Crippen molar-refractivity contribution in [3.63, 3.8) is 0 Å². The summed E-state index contributed by atoms with van der Waals surface area (Å²) in [5.41, 5.74) is 0. The first kappa shape index (κ1) is 18.8. The predicted molar refractivity (Wildman–Crippen MR) is 84.1 cm³/mol. The SMILES string of the molecule is CCCN(C1CCNCC1)S(=O)(=O)CCNS(=O)(=O)CC. The molecule has 9 heteroatoms. The van der Waals surface area contributed by atoms with E-state index in [-0.39, 0.29) is 24.1 Å².